The number of hydrogen-bond acceptors (Lipinski definition) is 3. The number of para-hydroxylation sites is 1. The van der Waals surface area contributed by atoms with Crippen LogP contribution < -0.4 is 10.1 Å². The van der Waals surface area contributed by atoms with E-state index in [2.05, 4.69) is 26.1 Å². The van der Waals surface area contributed by atoms with E-state index in [1.807, 2.05) is 18.2 Å². The van der Waals surface area contributed by atoms with E-state index in [1.165, 1.54) is 0 Å². The minimum atomic E-state index is -4.20. The lowest BCUT2D eigenvalue weighted by Crippen LogP contribution is -2.35. The molecule has 114 valence electrons. The molecule has 1 aromatic carbocycles. The third-order valence-corrected chi connectivity index (χ3v) is 3.09. The van der Waals surface area contributed by atoms with Crippen LogP contribution in [0.15, 0.2) is 24.3 Å². The van der Waals surface area contributed by atoms with Crippen LogP contribution in [-0.2, 0) is 6.54 Å². The molecule has 0 atom stereocenters. The lowest BCUT2D eigenvalue weighted by Gasteiger charge is -2.21. The summed E-state index contributed by atoms with van der Waals surface area (Å²) in [6, 6.07) is 7.38. The predicted octanol–water partition coefficient (Wildman–Crippen LogP) is 4.21. The molecule has 1 N–H and O–H groups in total. The zero-order chi connectivity index (χ0) is 15.2. The Balaban J connectivity index is 2.49. The van der Waals surface area contributed by atoms with Crippen molar-refractivity contribution in [3.05, 3.63) is 29.8 Å². The Bertz CT molecular complexity index is 416. The molecule has 0 amide bonds. The summed E-state index contributed by atoms with van der Waals surface area (Å²) in [5, 5.41) is 3.33. The molecule has 2 nitrogen and oxygen atoms in total. The summed E-state index contributed by atoms with van der Waals surface area (Å²) in [7, 11) is 0. The van der Waals surface area contributed by atoms with Gasteiger partial charge in [0.25, 0.3) is 0 Å². The Hall–Kier alpha value is -0.880. The standard InChI is InChI=1S/C14H20F3NOS/c1-13(2,3)18-10-11-6-4-5-7-12(11)19-8-9-20-14(15,16)17/h4-7,18H,8-10H2,1-3H3. The molecule has 20 heavy (non-hydrogen) atoms. The average molecular weight is 307 g/mol. The highest BCUT2D eigenvalue weighted by atomic mass is 32.2. The lowest BCUT2D eigenvalue weighted by molar-refractivity contribution is -0.0329. The number of nitrogens with one attached hydrogen (secondary N) is 1. The molecule has 0 saturated carbocycles. The van der Waals surface area contributed by atoms with Gasteiger partial charge >= 0.3 is 5.51 Å². The van der Waals surface area contributed by atoms with Crippen molar-refractivity contribution in [1.82, 2.24) is 5.32 Å². The first-order valence-corrected chi connectivity index (χ1v) is 7.32. The van der Waals surface area contributed by atoms with Crippen LogP contribution >= 0.6 is 11.8 Å². The van der Waals surface area contributed by atoms with Gasteiger partial charge in [0.15, 0.2) is 0 Å². The number of ether oxygens (including phenoxy) is 1. The molecule has 0 heterocycles. The molecule has 0 spiro atoms. The Labute approximate surface area is 122 Å². The Morgan fingerprint density at radius 2 is 1.80 bits per heavy atom. The number of halogens is 3. The minimum absolute atomic E-state index is 0.0285. The van der Waals surface area contributed by atoms with Gasteiger partial charge in [0, 0.05) is 23.4 Å². The molecule has 6 heteroatoms. The van der Waals surface area contributed by atoms with Gasteiger partial charge in [-0.1, -0.05) is 18.2 Å². The molecule has 0 aromatic heterocycles. The number of hydrogen-bond donors (Lipinski definition) is 1. The summed E-state index contributed by atoms with van der Waals surface area (Å²) in [4.78, 5) is 0. The van der Waals surface area contributed by atoms with Crippen molar-refractivity contribution >= 4 is 11.8 Å². The lowest BCUT2D eigenvalue weighted by atomic mass is 10.1. The summed E-state index contributed by atoms with van der Waals surface area (Å²) in [5.41, 5.74) is -3.28. The molecule has 0 aliphatic heterocycles. The first-order valence-electron chi connectivity index (χ1n) is 6.34. The van der Waals surface area contributed by atoms with Gasteiger partial charge in [-0.25, -0.2) is 0 Å². The molecular weight excluding hydrogens is 287 g/mol. The van der Waals surface area contributed by atoms with Crippen molar-refractivity contribution < 1.29 is 17.9 Å². The molecule has 0 unspecified atom stereocenters. The van der Waals surface area contributed by atoms with Crippen molar-refractivity contribution in [3.8, 4) is 5.75 Å². The molecule has 0 saturated heterocycles. The molecule has 1 aromatic rings. The van der Waals surface area contributed by atoms with Crippen molar-refractivity contribution in [2.45, 2.75) is 38.4 Å². The monoisotopic (exact) mass is 307 g/mol. The first-order chi connectivity index (χ1) is 9.17. The molecule has 0 bridgehead atoms. The van der Waals surface area contributed by atoms with Gasteiger partial charge in [-0.05, 0) is 38.6 Å². The molecule has 0 aliphatic rings. The van der Waals surface area contributed by atoms with Gasteiger partial charge in [-0.3, -0.25) is 0 Å². The summed E-state index contributed by atoms with van der Waals surface area (Å²) < 4.78 is 41.5. The average Bonchev–Trinajstić information content (AvgIpc) is 2.31. The maximum Gasteiger partial charge on any atom is 0.441 e. The zero-order valence-electron chi connectivity index (χ0n) is 11.9. The van der Waals surface area contributed by atoms with Crippen LogP contribution in [0.3, 0.4) is 0 Å². The SMILES string of the molecule is CC(C)(C)NCc1ccccc1OCCSC(F)(F)F. The smallest absolute Gasteiger partial charge is 0.441 e. The quantitative estimate of drug-likeness (QED) is 0.796. The van der Waals surface area contributed by atoms with E-state index in [-0.39, 0.29) is 29.7 Å². The number of thioether (sulfide) groups is 1. The fraction of sp³-hybridized carbons (Fsp3) is 0.571. The Morgan fingerprint density at radius 1 is 1.15 bits per heavy atom. The van der Waals surface area contributed by atoms with Crippen LogP contribution in [0.2, 0.25) is 0 Å². The highest BCUT2D eigenvalue weighted by molar-refractivity contribution is 8.00. The predicted molar refractivity (Wildman–Crippen MR) is 77.0 cm³/mol. The van der Waals surface area contributed by atoms with E-state index in [0.29, 0.717) is 12.3 Å². The number of benzene rings is 1. The largest absolute Gasteiger partial charge is 0.492 e. The van der Waals surface area contributed by atoms with E-state index in [0.717, 1.165) is 5.56 Å². The van der Waals surface area contributed by atoms with E-state index in [1.54, 1.807) is 6.07 Å². The van der Waals surface area contributed by atoms with Gasteiger partial charge < -0.3 is 10.1 Å². The summed E-state index contributed by atoms with van der Waals surface area (Å²) in [5.74, 6) is 0.525. The second kappa shape index (κ2) is 7.22. The van der Waals surface area contributed by atoms with E-state index in [9.17, 15) is 13.2 Å². The van der Waals surface area contributed by atoms with Crippen LogP contribution in [0, 0.1) is 0 Å². The van der Waals surface area contributed by atoms with Gasteiger partial charge in [-0.15, -0.1) is 0 Å². The fourth-order valence-corrected chi connectivity index (χ4v) is 1.86. The zero-order valence-corrected chi connectivity index (χ0v) is 12.7. The Kier molecular flexibility index (Phi) is 6.20. The first kappa shape index (κ1) is 17.2. The summed E-state index contributed by atoms with van der Waals surface area (Å²) in [6.45, 7) is 6.81. The van der Waals surface area contributed by atoms with Crippen LogP contribution in [-0.4, -0.2) is 23.4 Å². The van der Waals surface area contributed by atoms with E-state index in [4.69, 9.17) is 4.74 Å². The van der Waals surface area contributed by atoms with Crippen LogP contribution in [0.25, 0.3) is 0 Å². The van der Waals surface area contributed by atoms with Crippen molar-refractivity contribution in [3.63, 3.8) is 0 Å². The molecular formula is C14H20F3NOS. The number of rotatable bonds is 6. The van der Waals surface area contributed by atoms with Crippen molar-refractivity contribution in [2.24, 2.45) is 0 Å². The van der Waals surface area contributed by atoms with Gasteiger partial charge in [0.1, 0.15) is 5.75 Å². The summed E-state index contributed by atoms with van der Waals surface area (Å²) in [6.07, 6.45) is 0. The van der Waals surface area contributed by atoms with E-state index >= 15 is 0 Å². The highest BCUT2D eigenvalue weighted by Gasteiger charge is 2.27. The third-order valence-electron chi connectivity index (χ3n) is 2.39. The van der Waals surface area contributed by atoms with Crippen LogP contribution in [0.5, 0.6) is 5.75 Å². The number of alkyl halides is 3. The molecule has 1 rings (SSSR count). The normalized spacial score (nSPS) is 12.5. The molecule has 0 aliphatic carbocycles. The van der Waals surface area contributed by atoms with Crippen LogP contribution in [0.1, 0.15) is 26.3 Å². The maximum atomic E-state index is 12.0. The topological polar surface area (TPSA) is 21.3 Å². The van der Waals surface area contributed by atoms with E-state index < -0.39 is 5.51 Å². The van der Waals surface area contributed by atoms with Gasteiger partial charge in [0.2, 0.25) is 0 Å². The summed E-state index contributed by atoms with van der Waals surface area (Å²) >= 11 is -0.0643. The molecule has 0 fully saturated rings. The fourth-order valence-electron chi connectivity index (χ4n) is 1.46. The maximum absolute atomic E-state index is 12.0. The van der Waals surface area contributed by atoms with Gasteiger partial charge in [-0.2, -0.15) is 13.2 Å². The van der Waals surface area contributed by atoms with Crippen molar-refractivity contribution in [1.29, 1.82) is 0 Å². The third kappa shape index (κ3) is 7.65. The van der Waals surface area contributed by atoms with Crippen molar-refractivity contribution in [2.75, 3.05) is 12.4 Å². The minimum Gasteiger partial charge on any atom is -0.492 e. The van der Waals surface area contributed by atoms with Gasteiger partial charge in [0.05, 0.1) is 6.61 Å². The van der Waals surface area contributed by atoms with Crippen LogP contribution in [0.4, 0.5) is 13.2 Å². The second-order valence-electron chi connectivity index (χ2n) is 5.35. The Morgan fingerprint density at radius 3 is 2.40 bits per heavy atom. The highest BCUT2D eigenvalue weighted by Crippen LogP contribution is 2.30. The molecule has 0 radical (unpaired) electrons. The second-order valence-corrected chi connectivity index (χ2v) is 6.51.